The molecule has 2 unspecified atom stereocenters. The number of hydrogen-bond donors (Lipinski definition) is 2. The zero-order chi connectivity index (χ0) is 23.3. The zero-order valence-corrected chi connectivity index (χ0v) is 18.9. The smallest absolute Gasteiger partial charge is 0.257 e. The molecule has 0 spiro atoms. The van der Waals surface area contributed by atoms with E-state index in [2.05, 4.69) is 11.4 Å². The number of nitriles is 1. The van der Waals surface area contributed by atoms with Crippen molar-refractivity contribution in [1.82, 2.24) is 5.32 Å². The molecule has 166 valence electrons. The Hall–Kier alpha value is -3.76. The number of carbonyl (C=O) groups is 1. The molecule has 2 atom stereocenters. The molecule has 6 nitrogen and oxygen atoms in total. The van der Waals surface area contributed by atoms with Gasteiger partial charge in [-0.15, -0.1) is 11.8 Å². The predicted molar refractivity (Wildman–Crippen MR) is 128 cm³/mol. The van der Waals surface area contributed by atoms with Gasteiger partial charge in [0, 0.05) is 5.75 Å². The van der Waals surface area contributed by atoms with Crippen molar-refractivity contribution in [3.05, 3.63) is 107 Å². The van der Waals surface area contributed by atoms with Crippen LogP contribution in [0.25, 0.3) is 0 Å². The molecule has 4 rings (SSSR count). The van der Waals surface area contributed by atoms with Crippen LogP contribution >= 0.6 is 11.8 Å². The van der Waals surface area contributed by atoms with Crippen LogP contribution in [0.1, 0.15) is 23.8 Å². The van der Waals surface area contributed by atoms with Crippen LogP contribution in [-0.2, 0) is 22.6 Å². The minimum absolute atomic E-state index is 0.0300. The first-order valence-electron chi connectivity index (χ1n) is 10.5. The number of amides is 1. The third-order valence-electron chi connectivity index (χ3n) is 5.58. The maximum atomic E-state index is 13.2. The lowest BCUT2D eigenvalue weighted by atomic mass is 9.77. The second-order valence-electron chi connectivity index (χ2n) is 7.79. The summed E-state index contributed by atoms with van der Waals surface area (Å²) in [4.78, 5) is 18.1. The fraction of sp³-hybridized carbons (Fsp3) is 0.192. The van der Waals surface area contributed by atoms with Crippen LogP contribution in [0, 0.1) is 17.2 Å². The van der Waals surface area contributed by atoms with E-state index in [0.717, 1.165) is 11.1 Å². The van der Waals surface area contributed by atoms with Crippen molar-refractivity contribution in [2.75, 3.05) is 0 Å². The van der Waals surface area contributed by atoms with Crippen LogP contribution < -0.4 is 5.32 Å². The Balaban J connectivity index is 1.71. The third-order valence-corrected chi connectivity index (χ3v) is 6.62. The molecule has 2 aromatic carbocycles. The van der Waals surface area contributed by atoms with Crippen LogP contribution in [0.15, 0.2) is 99.8 Å². The van der Waals surface area contributed by atoms with Crippen molar-refractivity contribution in [3.63, 3.8) is 0 Å². The number of rotatable bonds is 6. The monoisotopic (exact) mass is 457 g/mol. The number of carbonyl (C=O) groups excluding carboxylic acids is 1. The maximum Gasteiger partial charge on any atom is 0.257 e. The Morgan fingerprint density at radius 2 is 1.85 bits per heavy atom. The van der Waals surface area contributed by atoms with Crippen molar-refractivity contribution in [1.29, 1.82) is 5.26 Å². The maximum absolute atomic E-state index is 13.2. The van der Waals surface area contributed by atoms with Crippen molar-refractivity contribution in [2.24, 2.45) is 10.9 Å². The van der Waals surface area contributed by atoms with Crippen molar-refractivity contribution in [3.8, 4) is 6.07 Å². The fourth-order valence-electron chi connectivity index (χ4n) is 3.76. The second-order valence-corrected chi connectivity index (χ2v) is 8.75. The molecule has 2 N–H and O–H groups in total. The molecule has 1 aromatic heterocycles. The van der Waals surface area contributed by atoms with E-state index in [4.69, 9.17) is 9.41 Å². The van der Waals surface area contributed by atoms with E-state index in [9.17, 15) is 15.2 Å². The molecule has 0 aliphatic carbocycles. The highest BCUT2D eigenvalue weighted by Gasteiger charge is 2.45. The van der Waals surface area contributed by atoms with Crippen molar-refractivity contribution < 1.29 is 14.3 Å². The summed E-state index contributed by atoms with van der Waals surface area (Å²) in [7, 11) is 0. The molecule has 1 aliphatic heterocycles. The summed E-state index contributed by atoms with van der Waals surface area (Å²) in [5, 5.41) is 24.3. The lowest BCUT2D eigenvalue weighted by Gasteiger charge is -2.35. The number of benzene rings is 2. The van der Waals surface area contributed by atoms with E-state index in [-0.39, 0.29) is 17.9 Å². The number of furan rings is 1. The Labute approximate surface area is 196 Å². The average Bonchev–Trinajstić information content (AvgIpc) is 3.36. The molecule has 33 heavy (non-hydrogen) atoms. The lowest BCUT2D eigenvalue weighted by molar-refractivity contribution is -0.117. The Kier molecular flexibility index (Phi) is 6.66. The van der Waals surface area contributed by atoms with Gasteiger partial charge in [-0.05, 0) is 30.2 Å². The number of nitrogens with one attached hydrogen (secondary N) is 1. The molecule has 0 bridgehead atoms. The molecular weight excluding hydrogens is 434 g/mol. The fourth-order valence-corrected chi connectivity index (χ4v) is 4.85. The molecule has 0 fully saturated rings. The Morgan fingerprint density at radius 1 is 1.15 bits per heavy atom. The van der Waals surface area contributed by atoms with Gasteiger partial charge in [0.05, 0.1) is 18.9 Å². The summed E-state index contributed by atoms with van der Waals surface area (Å²) >= 11 is 1.36. The molecule has 3 aromatic rings. The second kappa shape index (κ2) is 9.80. The minimum Gasteiger partial charge on any atom is -0.510 e. The summed E-state index contributed by atoms with van der Waals surface area (Å²) in [6.07, 6.45) is 1.53. The molecule has 7 heteroatoms. The van der Waals surface area contributed by atoms with Gasteiger partial charge in [0.2, 0.25) is 0 Å². The van der Waals surface area contributed by atoms with E-state index < -0.39 is 17.4 Å². The van der Waals surface area contributed by atoms with Gasteiger partial charge in [0.15, 0.2) is 0 Å². The molecular formula is C26H23N3O3S. The summed E-state index contributed by atoms with van der Waals surface area (Å²) in [5.41, 5.74) is 0.839. The highest BCUT2D eigenvalue weighted by Crippen LogP contribution is 2.43. The van der Waals surface area contributed by atoms with Gasteiger partial charge in [-0.1, -0.05) is 60.7 Å². The highest BCUT2D eigenvalue weighted by molar-refractivity contribution is 8.13. The Bertz CT molecular complexity index is 1210. The number of thioether (sulfide) groups is 1. The van der Waals surface area contributed by atoms with Gasteiger partial charge in [-0.3, -0.25) is 9.79 Å². The number of aliphatic hydroxyl groups excluding tert-OH is 1. The van der Waals surface area contributed by atoms with Gasteiger partial charge >= 0.3 is 0 Å². The molecule has 0 radical (unpaired) electrons. The number of aliphatic hydroxyl groups is 1. The number of dihydropyridines is 1. The van der Waals surface area contributed by atoms with Crippen LogP contribution in [0.4, 0.5) is 0 Å². The van der Waals surface area contributed by atoms with Crippen molar-refractivity contribution >= 4 is 22.7 Å². The van der Waals surface area contributed by atoms with Gasteiger partial charge in [-0.25, -0.2) is 0 Å². The molecule has 1 amide bonds. The first-order chi connectivity index (χ1) is 16.0. The van der Waals surface area contributed by atoms with Crippen molar-refractivity contribution in [2.45, 2.75) is 24.8 Å². The van der Waals surface area contributed by atoms with Gasteiger partial charge in [0.1, 0.15) is 33.6 Å². The number of nitrogens with zero attached hydrogens (tertiary/aromatic N) is 2. The van der Waals surface area contributed by atoms with E-state index in [1.165, 1.54) is 18.0 Å². The average molecular weight is 458 g/mol. The largest absolute Gasteiger partial charge is 0.510 e. The topological polar surface area (TPSA) is 98.6 Å². The van der Waals surface area contributed by atoms with Gasteiger partial charge in [-0.2, -0.15) is 5.26 Å². The van der Waals surface area contributed by atoms with Crippen LogP contribution in [0.2, 0.25) is 0 Å². The Morgan fingerprint density at radius 3 is 2.48 bits per heavy atom. The van der Waals surface area contributed by atoms with E-state index in [1.807, 2.05) is 67.6 Å². The molecule has 1 aliphatic rings. The quantitative estimate of drug-likeness (QED) is 0.536. The van der Waals surface area contributed by atoms with E-state index >= 15 is 0 Å². The standard InChI is InChI=1S/C26H23N3O3S/c1-26(19-11-6-3-7-12-19)21(15-27)23(30)22(24(31)28-16-20-13-8-14-32-20)25(29-26)33-17-18-9-4-2-5-10-18/h2-14,21,30H,16-17H2,1H3,(H,28,31). The number of hydrogen-bond acceptors (Lipinski definition) is 6. The third kappa shape index (κ3) is 4.71. The number of aliphatic imine (C=N–C) groups is 1. The first-order valence-corrected chi connectivity index (χ1v) is 11.5. The molecule has 0 saturated carbocycles. The van der Waals surface area contributed by atoms with Crippen LogP contribution in [0.3, 0.4) is 0 Å². The van der Waals surface area contributed by atoms with Crippen LogP contribution in [0.5, 0.6) is 0 Å². The summed E-state index contributed by atoms with van der Waals surface area (Å²) < 4.78 is 5.28. The zero-order valence-electron chi connectivity index (χ0n) is 18.1. The summed E-state index contributed by atoms with van der Waals surface area (Å²) in [6, 6.07) is 24.8. The summed E-state index contributed by atoms with van der Waals surface area (Å²) in [5.74, 6) is -0.639. The highest BCUT2D eigenvalue weighted by atomic mass is 32.2. The minimum atomic E-state index is -1.04. The van der Waals surface area contributed by atoms with Gasteiger partial charge < -0.3 is 14.8 Å². The van der Waals surface area contributed by atoms with Gasteiger partial charge in [0.25, 0.3) is 5.91 Å². The predicted octanol–water partition coefficient (Wildman–Crippen LogP) is 5.11. The normalized spacial score (nSPS) is 20.1. The van der Waals surface area contributed by atoms with E-state index in [0.29, 0.717) is 16.6 Å². The summed E-state index contributed by atoms with van der Waals surface area (Å²) in [6.45, 7) is 1.97. The lowest BCUT2D eigenvalue weighted by Crippen LogP contribution is -2.40. The first kappa shape index (κ1) is 22.4. The van der Waals surface area contributed by atoms with Crippen LogP contribution in [-0.4, -0.2) is 16.1 Å². The molecule has 0 saturated heterocycles. The SMILES string of the molecule is CC1(c2ccccc2)N=C(SCc2ccccc2)C(C(=O)NCc2ccco2)=C(O)C1C#N. The molecule has 2 heterocycles. The van der Waals surface area contributed by atoms with E-state index in [1.54, 1.807) is 12.1 Å².